The molecule has 0 atom stereocenters. The van der Waals surface area contributed by atoms with E-state index in [0.717, 1.165) is 16.8 Å². The van der Waals surface area contributed by atoms with Gasteiger partial charge in [0.25, 0.3) is 0 Å². The highest BCUT2D eigenvalue weighted by Crippen LogP contribution is 2.33. The molecule has 136 valence electrons. The van der Waals surface area contributed by atoms with E-state index < -0.39 is 5.97 Å². The van der Waals surface area contributed by atoms with Gasteiger partial charge in [0, 0.05) is 21.2 Å². The first-order valence-electron chi connectivity index (χ1n) is 8.23. The molecule has 0 amide bonds. The molecule has 2 heterocycles. The summed E-state index contributed by atoms with van der Waals surface area (Å²) in [6, 6.07) is 5.27. The van der Waals surface area contributed by atoms with E-state index >= 15 is 0 Å². The molecule has 0 saturated carbocycles. The number of carbonyl (C=O) groups is 1. The lowest BCUT2D eigenvalue weighted by Crippen LogP contribution is -2.21. The second-order valence-corrected chi connectivity index (χ2v) is 7.81. The summed E-state index contributed by atoms with van der Waals surface area (Å²) in [6.07, 6.45) is 3.23. The average molecular weight is 392 g/mol. The summed E-state index contributed by atoms with van der Waals surface area (Å²) in [6.45, 7) is 8.15. The SMILES string of the molecule is CCOC(=O)c1cnn2c(-c3cc(Cl)cc(Cl)c3)cnc2c1C(C)(C)C. The number of rotatable bonds is 3. The number of hydrogen-bond acceptors (Lipinski definition) is 4. The molecule has 5 nitrogen and oxygen atoms in total. The highest BCUT2D eigenvalue weighted by Gasteiger charge is 2.28. The number of nitrogens with zero attached hydrogens (tertiary/aromatic N) is 3. The van der Waals surface area contributed by atoms with Gasteiger partial charge in [-0.25, -0.2) is 14.3 Å². The smallest absolute Gasteiger partial charge is 0.340 e. The molecule has 1 aromatic carbocycles. The average Bonchev–Trinajstić information content (AvgIpc) is 2.96. The number of benzene rings is 1. The van der Waals surface area contributed by atoms with Gasteiger partial charge in [-0.3, -0.25) is 0 Å². The molecule has 0 aliphatic carbocycles. The molecule has 0 saturated heterocycles. The summed E-state index contributed by atoms with van der Waals surface area (Å²) in [7, 11) is 0. The van der Waals surface area contributed by atoms with Crippen LogP contribution in [0.3, 0.4) is 0 Å². The highest BCUT2D eigenvalue weighted by molar-refractivity contribution is 6.35. The summed E-state index contributed by atoms with van der Waals surface area (Å²) in [5.74, 6) is -0.400. The number of aromatic nitrogens is 3. The lowest BCUT2D eigenvalue weighted by atomic mass is 9.85. The van der Waals surface area contributed by atoms with Crippen molar-refractivity contribution in [2.24, 2.45) is 0 Å². The zero-order chi connectivity index (χ0) is 19.1. The monoisotopic (exact) mass is 391 g/mol. The van der Waals surface area contributed by atoms with Gasteiger partial charge in [-0.1, -0.05) is 44.0 Å². The van der Waals surface area contributed by atoms with E-state index in [1.807, 2.05) is 20.8 Å². The Kier molecular flexibility index (Phi) is 4.95. The molecule has 0 spiro atoms. The van der Waals surface area contributed by atoms with Crippen LogP contribution in [0.4, 0.5) is 0 Å². The van der Waals surface area contributed by atoms with Crippen LogP contribution >= 0.6 is 23.2 Å². The van der Waals surface area contributed by atoms with Gasteiger partial charge in [-0.2, -0.15) is 5.10 Å². The van der Waals surface area contributed by atoms with Crippen molar-refractivity contribution in [2.45, 2.75) is 33.1 Å². The summed E-state index contributed by atoms with van der Waals surface area (Å²) >= 11 is 12.3. The van der Waals surface area contributed by atoms with Crippen molar-refractivity contribution in [3.63, 3.8) is 0 Å². The second-order valence-electron chi connectivity index (χ2n) is 6.94. The van der Waals surface area contributed by atoms with Crippen LogP contribution in [0.1, 0.15) is 43.6 Å². The van der Waals surface area contributed by atoms with Crippen molar-refractivity contribution in [3.05, 3.63) is 51.8 Å². The third kappa shape index (κ3) is 3.41. The Hall–Kier alpha value is -2.11. The number of esters is 1. The predicted octanol–water partition coefficient (Wildman–Crippen LogP) is 5.18. The Morgan fingerprint density at radius 1 is 1.15 bits per heavy atom. The Morgan fingerprint density at radius 3 is 2.38 bits per heavy atom. The third-order valence-corrected chi connectivity index (χ3v) is 4.37. The van der Waals surface area contributed by atoms with Gasteiger partial charge in [0.2, 0.25) is 0 Å². The molecule has 7 heteroatoms. The summed E-state index contributed by atoms with van der Waals surface area (Å²) in [5.41, 5.74) is 3.02. The molecule has 0 bridgehead atoms. The molecule has 0 aliphatic heterocycles. The molecular formula is C19H19Cl2N3O2. The number of fused-ring (bicyclic) bond motifs is 1. The Bertz CT molecular complexity index is 970. The van der Waals surface area contributed by atoms with Crippen molar-refractivity contribution in [2.75, 3.05) is 6.61 Å². The second kappa shape index (κ2) is 6.89. The van der Waals surface area contributed by atoms with Crippen molar-refractivity contribution >= 4 is 34.8 Å². The van der Waals surface area contributed by atoms with Crippen molar-refractivity contribution < 1.29 is 9.53 Å². The van der Waals surface area contributed by atoms with Crippen LogP contribution in [0.15, 0.2) is 30.6 Å². The zero-order valence-corrected chi connectivity index (χ0v) is 16.5. The first-order chi connectivity index (χ1) is 12.2. The summed E-state index contributed by atoms with van der Waals surface area (Å²) in [5, 5.41) is 5.48. The lowest BCUT2D eigenvalue weighted by Gasteiger charge is -2.22. The number of hydrogen-bond donors (Lipinski definition) is 0. The van der Waals surface area contributed by atoms with Gasteiger partial charge in [-0.15, -0.1) is 0 Å². The molecule has 0 fully saturated rings. The van der Waals surface area contributed by atoms with Gasteiger partial charge < -0.3 is 4.74 Å². The van der Waals surface area contributed by atoms with Crippen LogP contribution in [0.25, 0.3) is 16.9 Å². The number of imidazole rings is 1. The van der Waals surface area contributed by atoms with Gasteiger partial charge in [-0.05, 0) is 30.5 Å². The fourth-order valence-corrected chi connectivity index (χ4v) is 3.46. The standard InChI is InChI=1S/C19H19Cl2N3O2/c1-5-26-18(25)14-9-23-24-15(11-6-12(20)8-13(21)7-11)10-22-17(24)16(14)19(2,3)4/h6-10H,5H2,1-4H3. The van der Waals surface area contributed by atoms with E-state index in [-0.39, 0.29) is 5.41 Å². The first-order valence-corrected chi connectivity index (χ1v) is 8.98. The third-order valence-electron chi connectivity index (χ3n) is 3.94. The van der Waals surface area contributed by atoms with Gasteiger partial charge in [0.15, 0.2) is 5.65 Å². The lowest BCUT2D eigenvalue weighted by molar-refractivity contribution is 0.0523. The Labute approximate surface area is 161 Å². The van der Waals surface area contributed by atoms with E-state index in [0.29, 0.717) is 27.9 Å². The molecule has 0 unspecified atom stereocenters. The quantitative estimate of drug-likeness (QED) is 0.577. The van der Waals surface area contributed by atoms with E-state index in [9.17, 15) is 4.79 Å². The van der Waals surface area contributed by atoms with Crippen LogP contribution < -0.4 is 0 Å². The number of carbonyl (C=O) groups excluding carboxylic acids is 1. The van der Waals surface area contributed by atoms with Crippen LogP contribution in [0, 0.1) is 0 Å². The van der Waals surface area contributed by atoms with Crippen molar-refractivity contribution in [3.8, 4) is 11.3 Å². The van der Waals surface area contributed by atoms with Crippen LogP contribution in [-0.4, -0.2) is 27.2 Å². The molecular weight excluding hydrogens is 373 g/mol. The largest absolute Gasteiger partial charge is 0.462 e. The van der Waals surface area contributed by atoms with Gasteiger partial charge >= 0.3 is 5.97 Å². The maximum atomic E-state index is 12.4. The number of halogens is 2. The van der Waals surface area contributed by atoms with Crippen molar-refractivity contribution in [1.82, 2.24) is 14.6 Å². The maximum Gasteiger partial charge on any atom is 0.340 e. The minimum absolute atomic E-state index is 0.300. The topological polar surface area (TPSA) is 56.5 Å². The molecule has 3 aromatic rings. The minimum Gasteiger partial charge on any atom is -0.462 e. The molecule has 0 N–H and O–H groups in total. The van der Waals surface area contributed by atoms with Crippen LogP contribution in [0.2, 0.25) is 10.0 Å². The van der Waals surface area contributed by atoms with E-state index in [1.54, 1.807) is 35.8 Å². The fourth-order valence-electron chi connectivity index (χ4n) is 2.94. The van der Waals surface area contributed by atoms with E-state index in [4.69, 9.17) is 27.9 Å². The summed E-state index contributed by atoms with van der Waals surface area (Å²) in [4.78, 5) is 16.9. The minimum atomic E-state index is -0.400. The van der Waals surface area contributed by atoms with Gasteiger partial charge in [0.1, 0.15) is 0 Å². The van der Waals surface area contributed by atoms with E-state index in [1.165, 1.54) is 6.20 Å². The molecule has 0 radical (unpaired) electrons. The number of ether oxygens (including phenoxy) is 1. The molecule has 2 aromatic heterocycles. The zero-order valence-electron chi connectivity index (χ0n) is 15.0. The van der Waals surface area contributed by atoms with Crippen LogP contribution in [0.5, 0.6) is 0 Å². The first kappa shape index (κ1) is 18.7. The molecule has 0 aliphatic rings. The highest BCUT2D eigenvalue weighted by atomic mass is 35.5. The van der Waals surface area contributed by atoms with Gasteiger partial charge in [0.05, 0.1) is 30.3 Å². The predicted molar refractivity (Wildman–Crippen MR) is 103 cm³/mol. The molecule has 3 rings (SSSR count). The Balaban J connectivity index is 2.27. The molecule has 26 heavy (non-hydrogen) atoms. The Morgan fingerprint density at radius 2 is 1.81 bits per heavy atom. The normalized spacial score (nSPS) is 11.8. The van der Waals surface area contributed by atoms with E-state index in [2.05, 4.69) is 10.1 Å². The fraction of sp³-hybridized carbons (Fsp3) is 0.316. The van der Waals surface area contributed by atoms with Crippen LogP contribution in [-0.2, 0) is 10.2 Å². The van der Waals surface area contributed by atoms with Crippen molar-refractivity contribution in [1.29, 1.82) is 0 Å². The summed E-state index contributed by atoms with van der Waals surface area (Å²) < 4.78 is 6.88. The maximum absolute atomic E-state index is 12.4.